The zero-order valence-electron chi connectivity index (χ0n) is 11.2. The van der Waals surface area contributed by atoms with E-state index in [4.69, 9.17) is 0 Å². The second-order valence-electron chi connectivity index (χ2n) is 4.82. The molecule has 1 N–H and O–H groups in total. The van der Waals surface area contributed by atoms with E-state index < -0.39 is 0 Å². The lowest BCUT2D eigenvalue weighted by molar-refractivity contribution is 0.480. The highest BCUT2D eigenvalue weighted by molar-refractivity contribution is 4.49. The van der Waals surface area contributed by atoms with E-state index in [1.807, 2.05) is 7.05 Å². The fourth-order valence-corrected chi connectivity index (χ4v) is 1.18. The van der Waals surface area contributed by atoms with E-state index >= 15 is 0 Å². The smallest absolute Gasteiger partial charge is 0.00546 e. The van der Waals surface area contributed by atoms with Crippen molar-refractivity contribution in [1.29, 1.82) is 0 Å². The molecule has 0 fully saturated rings. The number of nitrogens with one attached hydrogen (secondary N) is 1. The quantitative estimate of drug-likeness (QED) is 0.682. The van der Waals surface area contributed by atoms with Crippen LogP contribution < -0.4 is 5.32 Å². The lowest BCUT2D eigenvalue weighted by atomic mass is 10.0. The zero-order chi connectivity index (χ0) is 11.4. The Balaban J connectivity index is 0. The minimum absolute atomic E-state index is 0.892. The second kappa shape index (κ2) is 13.0. The molecule has 88 valence electrons. The van der Waals surface area contributed by atoms with Crippen molar-refractivity contribution in [3.8, 4) is 0 Å². The number of hydrogen-bond acceptors (Lipinski definition) is 1. The summed E-state index contributed by atoms with van der Waals surface area (Å²) in [6.07, 6.45) is 5.45. The molecule has 0 spiro atoms. The summed E-state index contributed by atoms with van der Waals surface area (Å²) in [7, 11) is 1.96. The molecule has 0 amide bonds. The molecule has 14 heavy (non-hydrogen) atoms. The predicted molar refractivity (Wildman–Crippen MR) is 67.7 cm³/mol. The molecule has 0 bridgehead atoms. The zero-order valence-corrected chi connectivity index (χ0v) is 11.2. The Morgan fingerprint density at radius 1 is 0.929 bits per heavy atom. The summed E-state index contributed by atoms with van der Waals surface area (Å²) in [4.78, 5) is 0. The molecular formula is C13H31N. The standard InChI is InChI=1S/C9H20.C4H11N/c1-8(2)6-5-7-9(3)4;1-3-4-5-2/h8-9H,5-7H2,1-4H3;5H,3-4H2,1-2H3. The van der Waals surface area contributed by atoms with Crippen LogP contribution >= 0.6 is 0 Å². The van der Waals surface area contributed by atoms with Crippen molar-refractivity contribution in [3.63, 3.8) is 0 Å². The molecule has 1 heteroatoms. The number of rotatable bonds is 6. The molecule has 0 atom stereocenters. The van der Waals surface area contributed by atoms with E-state index in [0.29, 0.717) is 0 Å². The van der Waals surface area contributed by atoms with Gasteiger partial charge >= 0.3 is 0 Å². The van der Waals surface area contributed by atoms with Gasteiger partial charge in [-0.3, -0.25) is 0 Å². The molecular weight excluding hydrogens is 170 g/mol. The first-order valence-corrected chi connectivity index (χ1v) is 6.19. The van der Waals surface area contributed by atoms with Crippen LogP contribution in [0.5, 0.6) is 0 Å². The van der Waals surface area contributed by atoms with Crippen molar-refractivity contribution >= 4 is 0 Å². The Morgan fingerprint density at radius 2 is 1.36 bits per heavy atom. The summed E-state index contributed by atoms with van der Waals surface area (Å²) in [5, 5.41) is 3.02. The van der Waals surface area contributed by atoms with Gasteiger partial charge in [0.05, 0.1) is 0 Å². The van der Waals surface area contributed by atoms with Crippen LogP contribution in [0.3, 0.4) is 0 Å². The number of hydrogen-bond donors (Lipinski definition) is 1. The SMILES string of the molecule is CC(C)CCCC(C)C.CCCNC. The van der Waals surface area contributed by atoms with Gasteiger partial charge in [0.2, 0.25) is 0 Å². The van der Waals surface area contributed by atoms with Crippen molar-refractivity contribution < 1.29 is 0 Å². The highest BCUT2D eigenvalue weighted by Gasteiger charge is 1.95. The van der Waals surface area contributed by atoms with Crippen LogP contribution in [-0.4, -0.2) is 13.6 Å². The molecule has 0 aliphatic heterocycles. The van der Waals surface area contributed by atoms with E-state index in [0.717, 1.165) is 18.4 Å². The monoisotopic (exact) mass is 201 g/mol. The average Bonchev–Trinajstić information content (AvgIpc) is 2.05. The minimum atomic E-state index is 0.892. The molecule has 0 rings (SSSR count). The van der Waals surface area contributed by atoms with Crippen LogP contribution in [0.25, 0.3) is 0 Å². The Hall–Kier alpha value is -0.0400. The molecule has 0 saturated heterocycles. The summed E-state index contributed by atoms with van der Waals surface area (Å²) in [5.74, 6) is 1.78. The molecule has 0 unspecified atom stereocenters. The average molecular weight is 201 g/mol. The third-order valence-corrected chi connectivity index (χ3v) is 2.06. The van der Waals surface area contributed by atoms with Gasteiger partial charge in [-0.15, -0.1) is 0 Å². The van der Waals surface area contributed by atoms with E-state index in [2.05, 4.69) is 39.9 Å². The molecule has 0 radical (unpaired) electrons. The molecule has 0 saturated carbocycles. The molecule has 1 nitrogen and oxygen atoms in total. The molecule has 0 aliphatic carbocycles. The van der Waals surface area contributed by atoms with E-state index in [9.17, 15) is 0 Å². The van der Waals surface area contributed by atoms with Crippen molar-refractivity contribution in [2.45, 2.75) is 60.3 Å². The highest BCUT2D eigenvalue weighted by atomic mass is 14.8. The molecule has 0 aliphatic rings. The maximum atomic E-state index is 3.02. The van der Waals surface area contributed by atoms with E-state index in [-0.39, 0.29) is 0 Å². The minimum Gasteiger partial charge on any atom is -0.320 e. The first-order chi connectivity index (χ1) is 6.54. The molecule has 0 aromatic carbocycles. The van der Waals surface area contributed by atoms with Crippen LogP contribution in [0.4, 0.5) is 0 Å². The predicted octanol–water partition coefficient (Wildman–Crippen LogP) is 4.08. The summed E-state index contributed by atoms with van der Waals surface area (Å²) in [6.45, 7) is 12.5. The van der Waals surface area contributed by atoms with Gasteiger partial charge in [0.25, 0.3) is 0 Å². The van der Waals surface area contributed by atoms with Crippen molar-refractivity contribution in [2.24, 2.45) is 11.8 Å². The van der Waals surface area contributed by atoms with Crippen LogP contribution in [0.1, 0.15) is 60.3 Å². The van der Waals surface area contributed by atoms with Crippen LogP contribution in [0.2, 0.25) is 0 Å². The van der Waals surface area contributed by atoms with Crippen LogP contribution in [0, 0.1) is 11.8 Å². The van der Waals surface area contributed by atoms with Crippen molar-refractivity contribution in [2.75, 3.05) is 13.6 Å². The normalized spacial score (nSPS) is 10.3. The first kappa shape index (κ1) is 16.4. The third-order valence-electron chi connectivity index (χ3n) is 2.06. The third kappa shape index (κ3) is 22.7. The van der Waals surface area contributed by atoms with Gasteiger partial charge in [-0.25, -0.2) is 0 Å². The Kier molecular flexibility index (Phi) is 15.2. The van der Waals surface area contributed by atoms with Gasteiger partial charge < -0.3 is 5.32 Å². The van der Waals surface area contributed by atoms with Gasteiger partial charge in [0, 0.05) is 0 Å². The maximum Gasteiger partial charge on any atom is -0.00546 e. The lowest BCUT2D eigenvalue weighted by Crippen LogP contribution is -2.04. The second-order valence-corrected chi connectivity index (χ2v) is 4.82. The Morgan fingerprint density at radius 3 is 1.50 bits per heavy atom. The van der Waals surface area contributed by atoms with Gasteiger partial charge in [-0.05, 0) is 31.8 Å². The topological polar surface area (TPSA) is 12.0 Å². The van der Waals surface area contributed by atoms with E-state index in [1.165, 1.54) is 25.7 Å². The highest BCUT2D eigenvalue weighted by Crippen LogP contribution is 2.10. The van der Waals surface area contributed by atoms with Gasteiger partial charge in [0.15, 0.2) is 0 Å². The summed E-state index contributed by atoms with van der Waals surface area (Å²) in [6, 6.07) is 0. The fourth-order valence-electron chi connectivity index (χ4n) is 1.18. The van der Waals surface area contributed by atoms with Gasteiger partial charge in [-0.1, -0.05) is 53.9 Å². The summed E-state index contributed by atoms with van der Waals surface area (Å²) in [5.41, 5.74) is 0. The lowest BCUT2D eigenvalue weighted by Gasteiger charge is -2.05. The van der Waals surface area contributed by atoms with Crippen molar-refractivity contribution in [1.82, 2.24) is 5.32 Å². The van der Waals surface area contributed by atoms with Gasteiger partial charge in [0.1, 0.15) is 0 Å². The van der Waals surface area contributed by atoms with Crippen LogP contribution in [-0.2, 0) is 0 Å². The van der Waals surface area contributed by atoms with Crippen LogP contribution in [0.15, 0.2) is 0 Å². The summed E-state index contributed by atoms with van der Waals surface area (Å²) >= 11 is 0. The first-order valence-electron chi connectivity index (χ1n) is 6.19. The Labute approximate surface area is 91.7 Å². The Bertz CT molecular complexity index is 77.2. The van der Waals surface area contributed by atoms with Gasteiger partial charge in [-0.2, -0.15) is 0 Å². The van der Waals surface area contributed by atoms with E-state index in [1.54, 1.807) is 0 Å². The van der Waals surface area contributed by atoms with Crippen molar-refractivity contribution in [3.05, 3.63) is 0 Å². The molecule has 0 aromatic rings. The molecule has 0 aromatic heterocycles. The maximum absolute atomic E-state index is 3.02. The summed E-state index contributed by atoms with van der Waals surface area (Å²) < 4.78 is 0. The molecule has 0 heterocycles. The largest absolute Gasteiger partial charge is 0.320 e. The fraction of sp³-hybridized carbons (Fsp3) is 1.00.